The van der Waals surface area contributed by atoms with E-state index in [4.69, 9.17) is 10.5 Å². The molecule has 1 aromatic carbocycles. The Morgan fingerprint density at radius 2 is 2.05 bits per heavy atom. The summed E-state index contributed by atoms with van der Waals surface area (Å²) in [6.07, 6.45) is 7.63. The molecule has 2 nitrogen and oxygen atoms in total. The SMILES string of the molecule is CCCOc1cccc(C(N)C2CCCCC2CC)c1. The van der Waals surface area contributed by atoms with E-state index in [2.05, 4.69) is 32.0 Å². The molecular formula is C18H29NO. The number of nitrogens with two attached hydrogens (primary N) is 1. The lowest BCUT2D eigenvalue weighted by Crippen LogP contribution is -2.30. The van der Waals surface area contributed by atoms with Gasteiger partial charge >= 0.3 is 0 Å². The number of benzene rings is 1. The van der Waals surface area contributed by atoms with Crippen LogP contribution in [0.4, 0.5) is 0 Å². The van der Waals surface area contributed by atoms with Crippen LogP contribution in [0, 0.1) is 11.8 Å². The molecular weight excluding hydrogens is 246 g/mol. The van der Waals surface area contributed by atoms with Crippen molar-refractivity contribution in [3.05, 3.63) is 29.8 Å². The van der Waals surface area contributed by atoms with Crippen LogP contribution in [0.25, 0.3) is 0 Å². The maximum atomic E-state index is 6.58. The molecule has 0 amide bonds. The van der Waals surface area contributed by atoms with Gasteiger partial charge in [0.1, 0.15) is 5.75 Å². The van der Waals surface area contributed by atoms with E-state index in [-0.39, 0.29) is 6.04 Å². The largest absolute Gasteiger partial charge is 0.494 e. The number of ether oxygens (including phenoxy) is 1. The van der Waals surface area contributed by atoms with Crippen molar-refractivity contribution >= 4 is 0 Å². The first-order chi connectivity index (χ1) is 9.76. The summed E-state index contributed by atoms with van der Waals surface area (Å²) in [4.78, 5) is 0. The molecule has 3 atom stereocenters. The normalized spacial score (nSPS) is 24.4. The molecule has 0 aliphatic heterocycles. The fourth-order valence-electron chi connectivity index (χ4n) is 3.49. The van der Waals surface area contributed by atoms with Crippen molar-refractivity contribution in [3.63, 3.8) is 0 Å². The smallest absolute Gasteiger partial charge is 0.119 e. The third-order valence-corrected chi connectivity index (χ3v) is 4.67. The molecule has 0 aromatic heterocycles. The van der Waals surface area contributed by atoms with Crippen molar-refractivity contribution in [2.75, 3.05) is 6.61 Å². The molecule has 0 saturated heterocycles. The van der Waals surface area contributed by atoms with Gasteiger partial charge in [0.05, 0.1) is 6.61 Å². The van der Waals surface area contributed by atoms with E-state index in [1.165, 1.54) is 37.7 Å². The van der Waals surface area contributed by atoms with Crippen LogP contribution in [-0.4, -0.2) is 6.61 Å². The fourth-order valence-corrected chi connectivity index (χ4v) is 3.49. The van der Waals surface area contributed by atoms with Gasteiger partial charge in [-0.3, -0.25) is 0 Å². The van der Waals surface area contributed by atoms with Gasteiger partial charge in [0.15, 0.2) is 0 Å². The Bertz CT molecular complexity index is 404. The second kappa shape index (κ2) is 7.68. The molecule has 0 spiro atoms. The first-order valence-corrected chi connectivity index (χ1v) is 8.24. The van der Waals surface area contributed by atoms with Crippen molar-refractivity contribution in [3.8, 4) is 5.75 Å². The number of rotatable bonds is 6. The Balaban J connectivity index is 2.08. The van der Waals surface area contributed by atoms with Crippen molar-refractivity contribution in [2.45, 2.75) is 58.4 Å². The van der Waals surface area contributed by atoms with Crippen LogP contribution >= 0.6 is 0 Å². The van der Waals surface area contributed by atoms with E-state index >= 15 is 0 Å². The van der Waals surface area contributed by atoms with E-state index in [9.17, 15) is 0 Å². The van der Waals surface area contributed by atoms with Crippen LogP contribution in [0.5, 0.6) is 5.75 Å². The quantitative estimate of drug-likeness (QED) is 0.817. The molecule has 112 valence electrons. The maximum Gasteiger partial charge on any atom is 0.119 e. The van der Waals surface area contributed by atoms with Crippen molar-refractivity contribution in [1.29, 1.82) is 0 Å². The van der Waals surface area contributed by atoms with Gasteiger partial charge in [-0.25, -0.2) is 0 Å². The van der Waals surface area contributed by atoms with Gasteiger partial charge < -0.3 is 10.5 Å². The second-order valence-corrected chi connectivity index (χ2v) is 6.06. The summed E-state index contributed by atoms with van der Waals surface area (Å²) in [6.45, 7) is 5.21. The van der Waals surface area contributed by atoms with Crippen LogP contribution in [0.1, 0.15) is 64.0 Å². The predicted octanol–water partition coefficient (Wildman–Crippen LogP) is 4.69. The van der Waals surface area contributed by atoms with Crippen molar-refractivity contribution in [1.82, 2.24) is 0 Å². The summed E-state index contributed by atoms with van der Waals surface area (Å²) < 4.78 is 5.73. The highest BCUT2D eigenvalue weighted by Crippen LogP contribution is 2.39. The molecule has 0 radical (unpaired) electrons. The third kappa shape index (κ3) is 3.76. The minimum Gasteiger partial charge on any atom is -0.494 e. The summed E-state index contributed by atoms with van der Waals surface area (Å²) in [5.74, 6) is 2.39. The van der Waals surface area contributed by atoms with Gasteiger partial charge in [-0.15, -0.1) is 0 Å². The lowest BCUT2D eigenvalue weighted by Gasteiger charge is -2.35. The van der Waals surface area contributed by atoms with Crippen LogP contribution in [0.3, 0.4) is 0 Å². The molecule has 20 heavy (non-hydrogen) atoms. The topological polar surface area (TPSA) is 35.2 Å². The van der Waals surface area contributed by atoms with Gasteiger partial charge in [-0.2, -0.15) is 0 Å². The van der Waals surface area contributed by atoms with E-state index in [0.717, 1.165) is 24.7 Å². The van der Waals surface area contributed by atoms with Crippen LogP contribution in [0.2, 0.25) is 0 Å². The molecule has 0 bridgehead atoms. The minimum atomic E-state index is 0.158. The van der Waals surface area contributed by atoms with E-state index in [1.54, 1.807) is 0 Å². The molecule has 1 saturated carbocycles. The molecule has 1 fully saturated rings. The Kier molecular flexibility index (Phi) is 5.90. The second-order valence-electron chi connectivity index (χ2n) is 6.06. The summed E-state index contributed by atoms with van der Waals surface area (Å²) in [5, 5.41) is 0. The van der Waals surface area contributed by atoms with Crippen LogP contribution in [0.15, 0.2) is 24.3 Å². The van der Waals surface area contributed by atoms with E-state index < -0.39 is 0 Å². The highest BCUT2D eigenvalue weighted by Gasteiger charge is 2.29. The highest BCUT2D eigenvalue weighted by atomic mass is 16.5. The third-order valence-electron chi connectivity index (χ3n) is 4.67. The number of hydrogen-bond donors (Lipinski definition) is 1. The van der Waals surface area contributed by atoms with Crippen molar-refractivity contribution < 1.29 is 4.74 Å². The van der Waals surface area contributed by atoms with Gasteiger partial charge in [-0.05, 0) is 42.4 Å². The molecule has 0 heterocycles. The van der Waals surface area contributed by atoms with Gasteiger partial charge in [0, 0.05) is 6.04 Å². The first-order valence-electron chi connectivity index (χ1n) is 8.24. The first kappa shape index (κ1) is 15.4. The maximum absolute atomic E-state index is 6.58. The summed E-state index contributed by atoms with van der Waals surface area (Å²) >= 11 is 0. The Hall–Kier alpha value is -1.02. The lowest BCUT2D eigenvalue weighted by molar-refractivity contribution is 0.196. The summed E-state index contributed by atoms with van der Waals surface area (Å²) in [5.41, 5.74) is 7.82. The Morgan fingerprint density at radius 3 is 2.80 bits per heavy atom. The van der Waals surface area contributed by atoms with Crippen LogP contribution in [-0.2, 0) is 0 Å². The molecule has 1 aliphatic rings. The molecule has 2 N–H and O–H groups in total. The zero-order valence-electron chi connectivity index (χ0n) is 13.0. The summed E-state index contributed by atoms with van der Waals surface area (Å²) in [6, 6.07) is 8.56. The van der Waals surface area contributed by atoms with Gasteiger partial charge in [-0.1, -0.05) is 51.7 Å². The van der Waals surface area contributed by atoms with Crippen molar-refractivity contribution in [2.24, 2.45) is 17.6 Å². The van der Waals surface area contributed by atoms with Gasteiger partial charge in [0.2, 0.25) is 0 Å². The monoisotopic (exact) mass is 275 g/mol. The van der Waals surface area contributed by atoms with E-state index in [1.807, 2.05) is 6.07 Å². The van der Waals surface area contributed by atoms with E-state index in [0.29, 0.717) is 5.92 Å². The Labute approximate surface area is 123 Å². The predicted molar refractivity (Wildman–Crippen MR) is 84.9 cm³/mol. The average Bonchev–Trinajstić information content (AvgIpc) is 2.52. The molecule has 3 unspecified atom stereocenters. The summed E-state index contributed by atoms with van der Waals surface area (Å²) in [7, 11) is 0. The molecule has 2 heteroatoms. The molecule has 1 aliphatic carbocycles. The molecule has 1 aromatic rings. The standard InChI is InChI=1S/C18H29NO/c1-3-12-20-16-10-7-9-15(13-16)18(19)17-11-6-5-8-14(17)4-2/h7,9-10,13-14,17-18H,3-6,8,11-12,19H2,1-2H3. The highest BCUT2D eigenvalue weighted by molar-refractivity contribution is 5.31. The minimum absolute atomic E-state index is 0.158. The average molecular weight is 275 g/mol. The zero-order valence-corrected chi connectivity index (χ0v) is 13.0. The lowest BCUT2D eigenvalue weighted by atomic mass is 9.72. The number of hydrogen-bond acceptors (Lipinski definition) is 2. The fraction of sp³-hybridized carbons (Fsp3) is 0.667. The van der Waals surface area contributed by atoms with Gasteiger partial charge in [0.25, 0.3) is 0 Å². The molecule has 2 rings (SSSR count). The van der Waals surface area contributed by atoms with Crippen LogP contribution < -0.4 is 10.5 Å². The Morgan fingerprint density at radius 1 is 1.25 bits per heavy atom. The zero-order chi connectivity index (χ0) is 14.4.